The fourth-order valence-electron chi connectivity index (χ4n) is 3.18. The van der Waals surface area contributed by atoms with Gasteiger partial charge in [-0.15, -0.1) is 0 Å². The minimum absolute atomic E-state index is 0.188. The van der Waals surface area contributed by atoms with Crippen molar-refractivity contribution in [1.82, 2.24) is 14.8 Å². The summed E-state index contributed by atoms with van der Waals surface area (Å²) in [6.07, 6.45) is 2.09. The molecule has 1 aromatic heterocycles. The summed E-state index contributed by atoms with van der Waals surface area (Å²) < 4.78 is 1.04. The van der Waals surface area contributed by atoms with Crippen molar-refractivity contribution in [3.8, 4) is 0 Å². The number of aromatic nitrogens is 1. The van der Waals surface area contributed by atoms with Gasteiger partial charge in [0.05, 0.1) is 10.2 Å². The second-order valence-corrected chi connectivity index (χ2v) is 8.24. The molecule has 150 valence electrons. The maximum atomic E-state index is 13.0. The highest BCUT2D eigenvalue weighted by Gasteiger charge is 2.32. The quantitative estimate of drug-likeness (QED) is 0.634. The first-order valence-corrected chi connectivity index (χ1v) is 10.4. The van der Waals surface area contributed by atoms with Gasteiger partial charge in [0, 0.05) is 19.4 Å². The molecule has 1 saturated heterocycles. The first-order chi connectivity index (χ1) is 13.4. The highest BCUT2D eigenvalue weighted by molar-refractivity contribution is 7.22. The van der Waals surface area contributed by atoms with Gasteiger partial charge in [-0.25, -0.2) is 4.98 Å². The Kier molecular flexibility index (Phi) is 6.41. The summed E-state index contributed by atoms with van der Waals surface area (Å²) in [5.74, 6) is -0.816. The van der Waals surface area contributed by atoms with Gasteiger partial charge in [0.25, 0.3) is 0 Å². The van der Waals surface area contributed by atoms with E-state index in [1.54, 1.807) is 4.90 Å². The molecule has 0 unspecified atom stereocenters. The lowest BCUT2D eigenvalue weighted by atomic mass is 10.2. The van der Waals surface area contributed by atoms with Gasteiger partial charge in [0.1, 0.15) is 6.54 Å². The molecule has 3 rings (SSSR count). The predicted octanol–water partition coefficient (Wildman–Crippen LogP) is 2.29. The van der Waals surface area contributed by atoms with E-state index in [0.29, 0.717) is 11.7 Å². The van der Waals surface area contributed by atoms with E-state index in [0.717, 1.165) is 34.5 Å². The van der Waals surface area contributed by atoms with Crippen LogP contribution >= 0.6 is 11.3 Å². The van der Waals surface area contributed by atoms with Crippen LogP contribution in [0, 0.1) is 0 Å². The average molecular weight is 403 g/mol. The summed E-state index contributed by atoms with van der Waals surface area (Å²) in [6, 6.07) is 6.13. The Labute approximate surface area is 168 Å². The number of amides is 3. The lowest BCUT2D eigenvalue weighted by Gasteiger charge is -2.23. The van der Waals surface area contributed by atoms with Crippen molar-refractivity contribution in [2.45, 2.75) is 32.6 Å². The molecule has 3 amide bonds. The maximum absolute atomic E-state index is 13.0. The number of nitrogens with zero attached hydrogens (tertiary/aromatic N) is 4. The zero-order valence-electron chi connectivity index (χ0n) is 16.6. The Hall–Kier alpha value is -2.32. The Morgan fingerprint density at radius 3 is 2.54 bits per heavy atom. The van der Waals surface area contributed by atoms with Crippen LogP contribution in [0.3, 0.4) is 0 Å². The fraction of sp³-hybridized carbons (Fsp3) is 0.500. The van der Waals surface area contributed by atoms with Crippen molar-refractivity contribution in [1.29, 1.82) is 0 Å². The van der Waals surface area contributed by atoms with Gasteiger partial charge in [-0.05, 0) is 51.2 Å². The summed E-state index contributed by atoms with van der Waals surface area (Å²) in [4.78, 5) is 46.2. The first-order valence-electron chi connectivity index (χ1n) is 9.56. The second kappa shape index (κ2) is 8.79. The first kappa shape index (κ1) is 20.4. The lowest BCUT2D eigenvalue weighted by molar-refractivity contribution is -0.141. The molecular weight excluding hydrogens is 376 g/mol. The molecule has 2 aromatic rings. The number of rotatable bonds is 8. The van der Waals surface area contributed by atoms with E-state index in [4.69, 9.17) is 0 Å². The molecule has 1 fully saturated rings. The number of fused-ring (bicyclic) bond motifs is 1. The van der Waals surface area contributed by atoms with Gasteiger partial charge in [-0.1, -0.05) is 24.3 Å². The molecule has 1 aliphatic heterocycles. The molecule has 8 heteroatoms. The number of carbonyl (C=O) groups is 3. The number of imide groups is 1. The molecule has 2 heterocycles. The molecule has 1 aliphatic rings. The molecule has 28 heavy (non-hydrogen) atoms. The zero-order valence-corrected chi connectivity index (χ0v) is 17.4. The monoisotopic (exact) mass is 402 g/mol. The molecule has 0 saturated carbocycles. The Morgan fingerprint density at radius 2 is 1.89 bits per heavy atom. The molecule has 0 radical (unpaired) electrons. The molecule has 0 bridgehead atoms. The normalized spacial score (nSPS) is 14.5. The third kappa shape index (κ3) is 4.56. The lowest BCUT2D eigenvalue weighted by Crippen LogP contribution is -2.43. The maximum Gasteiger partial charge on any atom is 0.248 e. The van der Waals surface area contributed by atoms with E-state index in [1.807, 2.05) is 26.2 Å². The van der Waals surface area contributed by atoms with E-state index >= 15 is 0 Å². The fourth-order valence-corrected chi connectivity index (χ4v) is 4.26. The largest absolute Gasteiger partial charge is 0.309 e. The highest BCUT2D eigenvalue weighted by atomic mass is 32.1. The summed E-state index contributed by atoms with van der Waals surface area (Å²) in [7, 11) is 3.97. The van der Waals surface area contributed by atoms with Gasteiger partial charge in [0.15, 0.2) is 5.13 Å². The van der Waals surface area contributed by atoms with Crippen LogP contribution in [0.4, 0.5) is 5.13 Å². The number of thiazole rings is 1. The van der Waals surface area contributed by atoms with Crippen molar-refractivity contribution < 1.29 is 14.4 Å². The van der Waals surface area contributed by atoms with Gasteiger partial charge < -0.3 is 4.90 Å². The van der Waals surface area contributed by atoms with Crippen LogP contribution in [0.2, 0.25) is 0 Å². The Morgan fingerprint density at radius 1 is 1.18 bits per heavy atom. The molecule has 1 aromatic carbocycles. The van der Waals surface area contributed by atoms with Gasteiger partial charge >= 0.3 is 0 Å². The molecular formula is C20H26N4O3S. The standard InChI is InChI=1S/C20H26N4O3S/c1-4-14-6-7-15-16(12-14)28-20(21-15)23(11-5-10-22(2)3)19(27)13-24-17(25)8-9-18(24)26/h6-7,12H,4-5,8-11,13H2,1-3H3. The van der Waals surface area contributed by atoms with E-state index in [2.05, 4.69) is 22.9 Å². The number of likely N-dealkylation sites (tertiary alicyclic amines) is 1. The van der Waals surface area contributed by atoms with Crippen LogP contribution in [0.25, 0.3) is 10.2 Å². The van der Waals surface area contributed by atoms with Crippen LogP contribution in [-0.2, 0) is 20.8 Å². The molecule has 0 N–H and O–H groups in total. The molecule has 7 nitrogen and oxygen atoms in total. The van der Waals surface area contributed by atoms with Crippen LogP contribution in [0.1, 0.15) is 31.7 Å². The number of aryl methyl sites for hydroxylation is 1. The van der Waals surface area contributed by atoms with Crippen molar-refractivity contribution >= 4 is 44.4 Å². The molecule has 0 atom stereocenters. The summed E-state index contributed by atoms with van der Waals surface area (Å²) >= 11 is 1.47. The Balaban J connectivity index is 1.84. The minimum atomic E-state index is -0.275. The van der Waals surface area contributed by atoms with E-state index in [-0.39, 0.29) is 37.1 Å². The summed E-state index contributed by atoms with van der Waals surface area (Å²) in [5, 5.41) is 0.617. The van der Waals surface area contributed by atoms with Gasteiger partial charge in [-0.2, -0.15) is 0 Å². The smallest absolute Gasteiger partial charge is 0.248 e. The average Bonchev–Trinajstić information content (AvgIpc) is 3.22. The summed E-state index contributed by atoms with van der Waals surface area (Å²) in [6.45, 7) is 3.21. The predicted molar refractivity (Wildman–Crippen MR) is 110 cm³/mol. The zero-order chi connectivity index (χ0) is 20.3. The number of carbonyl (C=O) groups excluding carboxylic acids is 3. The number of hydrogen-bond donors (Lipinski definition) is 0. The van der Waals surface area contributed by atoms with Crippen LogP contribution in [0.5, 0.6) is 0 Å². The SMILES string of the molecule is CCc1ccc2nc(N(CCCN(C)C)C(=O)CN3C(=O)CCC3=O)sc2c1. The third-order valence-electron chi connectivity index (χ3n) is 4.82. The number of anilines is 1. The van der Waals surface area contributed by atoms with Gasteiger partial charge in [0.2, 0.25) is 17.7 Å². The van der Waals surface area contributed by atoms with Crippen molar-refractivity contribution in [2.75, 3.05) is 38.6 Å². The van der Waals surface area contributed by atoms with Crippen LogP contribution < -0.4 is 4.90 Å². The second-order valence-electron chi connectivity index (χ2n) is 7.23. The van der Waals surface area contributed by atoms with Gasteiger partial charge in [-0.3, -0.25) is 24.2 Å². The van der Waals surface area contributed by atoms with E-state index in [9.17, 15) is 14.4 Å². The highest BCUT2D eigenvalue weighted by Crippen LogP contribution is 2.30. The Bertz CT molecular complexity index is 877. The van der Waals surface area contributed by atoms with Crippen LogP contribution in [-0.4, -0.2) is 66.2 Å². The van der Waals surface area contributed by atoms with E-state index in [1.165, 1.54) is 16.9 Å². The third-order valence-corrected chi connectivity index (χ3v) is 5.86. The van der Waals surface area contributed by atoms with Crippen molar-refractivity contribution in [2.24, 2.45) is 0 Å². The van der Waals surface area contributed by atoms with Crippen molar-refractivity contribution in [3.05, 3.63) is 23.8 Å². The van der Waals surface area contributed by atoms with E-state index < -0.39 is 0 Å². The number of hydrogen-bond acceptors (Lipinski definition) is 6. The topological polar surface area (TPSA) is 73.8 Å². The number of benzene rings is 1. The summed E-state index contributed by atoms with van der Waals surface area (Å²) in [5.41, 5.74) is 2.08. The van der Waals surface area contributed by atoms with Crippen LogP contribution in [0.15, 0.2) is 18.2 Å². The van der Waals surface area contributed by atoms with Crippen molar-refractivity contribution in [3.63, 3.8) is 0 Å². The minimum Gasteiger partial charge on any atom is -0.309 e. The molecule has 0 spiro atoms. The molecule has 0 aliphatic carbocycles.